The summed E-state index contributed by atoms with van der Waals surface area (Å²) in [6.07, 6.45) is 1.55. The first kappa shape index (κ1) is 27.4. The maximum Gasteiger partial charge on any atom is 0.242 e. The number of amides is 2. The van der Waals surface area contributed by atoms with Crippen LogP contribution in [0.15, 0.2) is 48.5 Å². The van der Waals surface area contributed by atoms with E-state index in [1.165, 1.54) is 5.56 Å². The number of aryl methyl sites for hydroxylation is 1. The molecule has 2 aromatic carbocycles. The van der Waals surface area contributed by atoms with E-state index in [4.69, 9.17) is 4.74 Å². The van der Waals surface area contributed by atoms with Crippen LogP contribution in [0.1, 0.15) is 71.1 Å². The van der Waals surface area contributed by atoms with Crippen LogP contribution in [-0.2, 0) is 28.0 Å². The van der Waals surface area contributed by atoms with Crippen molar-refractivity contribution >= 4 is 11.8 Å². The summed E-state index contributed by atoms with van der Waals surface area (Å²) in [6.45, 7) is 13.6. The molecule has 0 saturated heterocycles. The third-order valence-electron chi connectivity index (χ3n) is 6.01. The Morgan fingerprint density at radius 1 is 1.03 bits per heavy atom. The van der Waals surface area contributed by atoms with Crippen molar-refractivity contribution < 1.29 is 14.3 Å². The zero-order valence-electron chi connectivity index (χ0n) is 22.0. The van der Waals surface area contributed by atoms with Gasteiger partial charge >= 0.3 is 0 Å². The zero-order chi connectivity index (χ0) is 25.3. The minimum absolute atomic E-state index is 0.0192. The lowest BCUT2D eigenvalue weighted by molar-refractivity contribution is -0.141. The van der Waals surface area contributed by atoms with Gasteiger partial charge in [-0.05, 0) is 53.0 Å². The Balaban J connectivity index is 2.20. The fourth-order valence-corrected chi connectivity index (χ4v) is 3.88. The number of rotatable bonds is 11. The number of nitrogens with one attached hydrogen (secondary N) is 1. The fraction of sp³-hybridized carbons (Fsp3) is 0.517. The standard InChI is InChI=1S/C29H42N2O3/c1-8-26(28(33)30-19-21(2)3)31(20-23-10-9-11-25(18-23)34-7)27(32)17-14-22-12-15-24(16-13-22)29(4,5)6/h9-13,15-16,18,21,26H,8,14,17,19-20H2,1-7H3,(H,30,33)/t26-/m0/s1. The summed E-state index contributed by atoms with van der Waals surface area (Å²) in [7, 11) is 1.63. The molecule has 0 saturated carbocycles. The molecular formula is C29H42N2O3. The summed E-state index contributed by atoms with van der Waals surface area (Å²) >= 11 is 0. The molecule has 0 radical (unpaired) electrons. The smallest absolute Gasteiger partial charge is 0.242 e. The third-order valence-corrected chi connectivity index (χ3v) is 6.01. The summed E-state index contributed by atoms with van der Waals surface area (Å²) in [5.74, 6) is 0.970. The molecule has 0 aliphatic rings. The fourth-order valence-electron chi connectivity index (χ4n) is 3.88. The van der Waals surface area contributed by atoms with Crippen LogP contribution in [0.2, 0.25) is 0 Å². The van der Waals surface area contributed by atoms with Crippen molar-refractivity contribution in [3.05, 3.63) is 65.2 Å². The number of hydrogen-bond donors (Lipinski definition) is 1. The number of ether oxygens (including phenoxy) is 1. The summed E-state index contributed by atoms with van der Waals surface area (Å²) < 4.78 is 5.35. The zero-order valence-corrected chi connectivity index (χ0v) is 22.0. The minimum atomic E-state index is -0.513. The van der Waals surface area contributed by atoms with Crippen molar-refractivity contribution in [2.75, 3.05) is 13.7 Å². The van der Waals surface area contributed by atoms with Crippen LogP contribution in [0.25, 0.3) is 0 Å². The lowest BCUT2D eigenvalue weighted by atomic mass is 9.86. The Bertz CT molecular complexity index is 929. The Hall–Kier alpha value is -2.82. The van der Waals surface area contributed by atoms with Crippen LogP contribution in [0, 0.1) is 5.92 Å². The quantitative estimate of drug-likeness (QED) is 0.475. The maximum absolute atomic E-state index is 13.5. The van der Waals surface area contributed by atoms with Gasteiger partial charge in [0.1, 0.15) is 11.8 Å². The van der Waals surface area contributed by atoms with Crippen LogP contribution in [-0.4, -0.2) is 36.4 Å². The SMILES string of the molecule is CC[C@@H](C(=O)NCC(C)C)N(Cc1cccc(OC)c1)C(=O)CCc1ccc(C(C)(C)C)cc1. The number of methoxy groups -OCH3 is 1. The van der Waals surface area contributed by atoms with Crippen molar-refractivity contribution in [2.45, 2.75) is 78.8 Å². The molecule has 2 aromatic rings. The van der Waals surface area contributed by atoms with Gasteiger partial charge in [0.05, 0.1) is 7.11 Å². The van der Waals surface area contributed by atoms with E-state index in [-0.39, 0.29) is 17.2 Å². The van der Waals surface area contributed by atoms with Crippen molar-refractivity contribution in [3.63, 3.8) is 0 Å². The van der Waals surface area contributed by atoms with Gasteiger partial charge in [-0.25, -0.2) is 0 Å². The van der Waals surface area contributed by atoms with Crippen LogP contribution in [0.3, 0.4) is 0 Å². The number of carbonyl (C=O) groups is 2. The molecule has 5 heteroatoms. The van der Waals surface area contributed by atoms with E-state index in [1.807, 2.05) is 31.2 Å². The first-order valence-corrected chi connectivity index (χ1v) is 12.3. The lowest BCUT2D eigenvalue weighted by Gasteiger charge is -2.31. The van der Waals surface area contributed by atoms with E-state index in [0.717, 1.165) is 16.9 Å². The van der Waals surface area contributed by atoms with Gasteiger partial charge in [-0.1, -0.05) is 77.9 Å². The Morgan fingerprint density at radius 2 is 1.71 bits per heavy atom. The van der Waals surface area contributed by atoms with Gasteiger partial charge in [0.25, 0.3) is 0 Å². The van der Waals surface area contributed by atoms with Crippen LogP contribution >= 0.6 is 0 Å². The number of nitrogens with zero attached hydrogens (tertiary/aromatic N) is 1. The predicted molar refractivity (Wildman–Crippen MR) is 139 cm³/mol. The second-order valence-electron chi connectivity index (χ2n) is 10.4. The van der Waals surface area contributed by atoms with Gasteiger partial charge in [-0.2, -0.15) is 0 Å². The van der Waals surface area contributed by atoms with Gasteiger partial charge in [0, 0.05) is 19.5 Å². The molecule has 0 heterocycles. The second kappa shape index (κ2) is 12.6. The first-order valence-electron chi connectivity index (χ1n) is 12.3. The van der Waals surface area contributed by atoms with Crippen molar-refractivity contribution in [1.82, 2.24) is 10.2 Å². The molecular weight excluding hydrogens is 424 g/mol. The van der Waals surface area contributed by atoms with E-state index in [2.05, 4.69) is 64.2 Å². The minimum Gasteiger partial charge on any atom is -0.497 e. The summed E-state index contributed by atoms with van der Waals surface area (Å²) in [5, 5.41) is 3.01. The molecule has 0 bridgehead atoms. The van der Waals surface area contributed by atoms with E-state index >= 15 is 0 Å². The highest BCUT2D eigenvalue weighted by Gasteiger charge is 2.28. The Kier molecular flexibility index (Phi) is 10.2. The predicted octanol–water partition coefficient (Wildman–Crippen LogP) is 5.50. The largest absolute Gasteiger partial charge is 0.497 e. The second-order valence-corrected chi connectivity index (χ2v) is 10.4. The van der Waals surface area contributed by atoms with E-state index < -0.39 is 6.04 Å². The highest BCUT2D eigenvalue weighted by Crippen LogP contribution is 2.23. The summed E-state index contributed by atoms with van der Waals surface area (Å²) in [4.78, 5) is 28.2. The maximum atomic E-state index is 13.5. The molecule has 186 valence electrons. The van der Waals surface area contributed by atoms with Crippen LogP contribution in [0.5, 0.6) is 5.75 Å². The topological polar surface area (TPSA) is 58.6 Å². The van der Waals surface area contributed by atoms with Crippen LogP contribution in [0.4, 0.5) is 0 Å². The molecule has 1 atom stereocenters. The average Bonchev–Trinajstić information content (AvgIpc) is 2.80. The Labute approximate surface area is 205 Å². The Morgan fingerprint density at radius 3 is 2.26 bits per heavy atom. The van der Waals surface area contributed by atoms with Crippen LogP contribution < -0.4 is 10.1 Å². The van der Waals surface area contributed by atoms with E-state index in [0.29, 0.717) is 38.3 Å². The van der Waals surface area contributed by atoms with Gasteiger partial charge in [-0.15, -0.1) is 0 Å². The molecule has 0 aromatic heterocycles. The van der Waals surface area contributed by atoms with Crippen molar-refractivity contribution in [2.24, 2.45) is 5.92 Å². The molecule has 2 rings (SSSR count). The average molecular weight is 467 g/mol. The molecule has 0 fully saturated rings. The monoisotopic (exact) mass is 466 g/mol. The van der Waals surface area contributed by atoms with E-state index in [1.54, 1.807) is 12.0 Å². The molecule has 0 unspecified atom stereocenters. The lowest BCUT2D eigenvalue weighted by Crippen LogP contribution is -2.49. The molecule has 34 heavy (non-hydrogen) atoms. The molecule has 1 N–H and O–H groups in total. The van der Waals surface area contributed by atoms with Crippen molar-refractivity contribution in [1.29, 1.82) is 0 Å². The van der Waals surface area contributed by atoms with Gasteiger partial charge in [0.2, 0.25) is 11.8 Å². The summed E-state index contributed by atoms with van der Waals surface area (Å²) in [5.41, 5.74) is 3.44. The van der Waals surface area contributed by atoms with Gasteiger partial charge in [0.15, 0.2) is 0 Å². The van der Waals surface area contributed by atoms with E-state index in [9.17, 15) is 9.59 Å². The summed E-state index contributed by atoms with van der Waals surface area (Å²) in [6, 6.07) is 15.7. The highest BCUT2D eigenvalue weighted by molar-refractivity contribution is 5.87. The first-order chi connectivity index (χ1) is 16.0. The van der Waals surface area contributed by atoms with Crippen molar-refractivity contribution in [3.8, 4) is 5.75 Å². The van der Waals surface area contributed by atoms with Gasteiger partial charge in [-0.3, -0.25) is 9.59 Å². The molecule has 0 aliphatic carbocycles. The molecule has 5 nitrogen and oxygen atoms in total. The number of hydrogen-bond acceptors (Lipinski definition) is 3. The number of carbonyl (C=O) groups excluding carboxylic acids is 2. The molecule has 0 aliphatic heterocycles. The highest BCUT2D eigenvalue weighted by atomic mass is 16.5. The van der Waals surface area contributed by atoms with Gasteiger partial charge < -0.3 is 15.0 Å². The number of benzene rings is 2. The normalized spacial score (nSPS) is 12.4. The molecule has 0 spiro atoms. The molecule has 2 amide bonds. The third kappa shape index (κ3) is 8.19.